The van der Waals surface area contributed by atoms with Crippen molar-refractivity contribution in [3.05, 3.63) is 46.6 Å². The Balaban J connectivity index is 1.36. The number of hydrogen-bond donors (Lipinski definition) is 0. The molecule has 176 valence electrons. The first-order valence-electron chi connectivity index (χ1n) is 11.4. The number of aromatic nitrogens is 2. The van der Waals surface area contributed by atoms with Crippen LogP contribution in [0, 0.1) is 13.8 Å². The van der Waals surface area contributed by atoms with E-state index in [-0.39, 0.29) is 11.8 Å². The molecule has 0 atom stereocenters. The number of amides is 2. The van der Waals surface area contributed by atoms with Gasteiger partial charge in [0.2, 0.25) is 5.91 Å². The van der Waals surface area contributed by atoms with Gasteiger partial charge in [-0.25, -0.2) is 9.97 Å². The molecular formula is C24H31N5O3S. The van der Waals surface area contributed by atoms with Crippen molar-refractivity contribution < 1.29 is 14.3 Å². The smallest absolute Gasteiger partial charge is 0.253 e. The third kappa shape index (κ3) is 5.65. The highest BCUT2D eigenvalue weighted by Crippen LogP contribution is 2.26. The Morgan fingerprint density at radius 2 is 1.58 bits per heavy atom. The molecule has 0 N–H and O–H groups in total. The number of piperazine rings is 1. The predicted octanol–water partition coefficient (Wildman–Crippen LogP) is 2.53. The molecule has 9 heteroatoms. The minimum absolute atomic E-state index is 0.0186. The zero-order chi connectivity index (χ0) is 23.4. The lowest BCUT2D eigenvalue weighted by Gasteiger charge is -2.34. The van der Waals surface area contributed by atoms with Gasteiger partial charge in [-0.15, -0.1) is 0 Å². The van der Waals surface area contributed by atoms with Gasteiger partial charge >= 0.3 is 0 Å². The van der Waals surface area contributed by atoms with E-state index in [2.05, 4.69) is 16.8 Å². The minimum Gasteiger partial charge on any atom is -0.378 e. The monoisotopic (exact) mass is 469 g/mol. The average Bonchev–Trinajstić information content (AvgIpc) is 2.85. The van der Waals surface area contributed by atoms with Crippen LogP contribution in [0.3, 0.4) is 0 Å². The summed E-state index contributed by atoms with van der Waals surface area (Å²) in [6, 6.07) is 7.76. The number of rotatable bonds is 5. The summed E-state index contributed by atoms with van der Waals surface area (Å²) in [5.41, 5.74) is 3.91. The third-order valence-electron chi connectivity index (χ3n) is 6.23. The van der Waals surface area contributed by atoms with Crippen LogP contribution in [-0.2, 0) is 15.3 Å². The van der Waals surface area contributed by atoms with Crippen molar-refractivity contribution in [3.8, 4) is 0 Å². The second kappa shape index (κ2) is 10.5. The Morgan fingerprint density at radius 3 is 2.21 bits per heavy atom. The number of nitrogens with zero attached hydrogens (tertiary/aromatic N) is 5. The number of hydrogen-bond acceptors (Lipinski definition) is 7. The normalized spacial score (nSPS) is 16.8. The van der Waals surface area contributed by atoms with Crippen molar-refractivity contribution in [2.45, 2.75) is 31.7 Å². The van der Waals surface area contributed by atoms with Crippen molar-refractivity contribution in [2.24, 2.45) is 0 Å². The molecule has 2 amide bonds. The van der Waals surface area contributed by atoms with Crippen molar-refractivity contribution in [3.63, 3.8) is 0 Å². The molecule has 4 rings (SSSR count). The maximum Gasteiger partial charge on any atom is 0.253 e. The molecule has 1 aromatic carbocycles. The molecule has 0 aliphatic carbocycles. The molecule has 2 aliphatic heterocycles. The number of carbonyl (C=O) groups is 2. The molecule has 33 heavy (non-hydrogen) atoms. The minimum atomic E-state index is 0.0186. The largest absolute Gasteiger partial charge is 0.378 e. The van der Waals surface area contributed by atoms with Gasteiger partial charge in [0.15, 0.2) is 5.16 Å². The second-order valence-electron chi connectivity index (χ2n) is 8.42. The van der Waals surface area contributed by atoms with Crippen LogP contribution in [0.25, 0.3) is 0 Å². The van der Waals surface area contributed by atoms with Gasteiger partial charge in [0.1, 0.15) is 5.82 Å². The maximum absolute atomic E-state index is 12.8. The fourth-order valence-corrected chi connectivity index (χ4v) is 4.88. The predicted molar refractivity (Wildman–Crippen MR) is 129 cm³/mol. The van der Waals surface area contributed by atoms with Crippen LogP contribution in [0.4, 0.5) is 5.82 Å². The van der Waals surface area contributed by atoms with Crippen molar-refractivity contribution >= 4 is 29.4 Å². The maximum atomic E-state index is 12.8. The Kier molecular flexibility index (Phi) is 7.49. The van der Waals surface area contributed by atoms with E-state index in [1.807, 2.05) is 36.1 Å². The van der Waals surface area contributed by atoms with Gasteiger partial charge in [-0.3, -0.25) is 9.59 Å². The van der Waals surface area contributed by atoms with Gasteiger partial charge in [-0.2, -0.15) is 0 Å². The molecule has 8 nitrogen and oxygen atoms in total. The molecule has 3 heterocycles. The van der Waals surface area contributed by atoms with Gasteiger partial charge in [0.25, 0.3) is 5.91 Å². The number of thioether (sulfide) groups is 1. The van der Waals surface area contributed by atoms with Crippen LogP contribution >= 0.6 is 11.8 Å². The van der Waals surface area contributed by atoms with E-state index in [1.54, 1.807) is 23.6 Å². The number of benzene rings is 1. The van der Waals surface area contributed by atoms with Gasteiger partial charge in [0.05, 0.1) is 13.2 Å². The van der Waals surface area contributed by atoms with Crippen LogP contribution in [0.15, 0.2) is 29.4 Å². The lowest BCUT2D eigenvalue weighted by Crippen LogP contribution is -2.50. The van der Waals surface area contributed by atoms with E-state index < -0.39 is 0 Å². The molecule has 2 aliphatic rings. The number of morpholine rings is 1. The van der Waals surface area contributed by atoms with Gasteiger partial charge in [0, 0.05) is 68.8 Å². The molecule has 0 spiro atoms. The second-order valence-corrected chi connectivity index (χ2v) is 9.37. The summed E-state index contributed by atoms with van der Waals surface area (Å²) in [6.07, 6.45) is 0. The lowest BCUT2D eigenvalue weighted by atomic mass is 10.1. The molecule has 0 radical (unpaired) electrons. The Bertz CT molecular complexity index is 1000. The molecular weight excluding hydrogens is 438 g/mol. The summed E-state index contributed by atoms with van der Waals surface area (Å²) in [6.45, 7) is 11.2. The Morgan fingerprint density at radius 1 is 0.939 bits per heavy atom. The van der Waals surface area contributed by atoms with Crippen molar-refractivity contribution in [2.75, 3.05) is 57.4 Å². The SMILES string of the molecule is CC(=O)N1CCN(C(=O)c2ccc(CSc3nc(C)c(C)c(N4CCOCC4)n3)cc2)CC1. The fourth-order valence-electron chi connectivity index (χ4n) is 4.03. The van der Waals surface area contributed by atoms with E-state index >= 15 is 0 Å². The quantitative estimate of drug-likeness (QED) is 0.492. The summed E-state index contributed by atoms with van der Waals surface area (Å²) >= 11 is 1.61. The zero-order valence-electron chi connectivity index (χ0n) is 19.5. The van der Waals surface area contributed by atoms with Gasteiger partial charge in [-0.1, -0.05) is 23.9 Å². The summed E-state index contributed by atoms with van der Waals surface area (Å²) < 4.78 is 5.47. The summed E-state index contributed by atoms with van der Waals surface area (Å²) in [4.78, 5) is 39.7. The fraction of sp³-hybridized carbons (Fsp3) is 0.500. The van der Waals surface area contributed by atoms with Gasteiger partial charge < -0.3 is 19.4 Å². The molecule has 0 bridgehead atoms. The van der Waals surface area contributed by atoms with E-state index in [0.717, 1.165) is 59.9 Å². The highest BCUT2D eigenvalue weighted by molar-refractivity contribution is 7.98. The highest BCUT2D eigenvalue weighted by Gasteiger charge is 2.23. The highest BCUT2D eigenvalue weighted by atomic mass is 32.2. The van der Waals surface area contributed by atoms with Crippen LogP contribution in [0.1, 0.15) is 34.1 Å². The third-order valence-corrected chi connectivity index (χ3v) is 7.15. The van der Waals surface area contributed by atoms with E-state index in [4.69, 9.17) is 9.72 Å². The number of anilines is 1. The summed E-state index contributed by atoms with van der Waals surface area (Å²) in [7, 11) is 0. The first-order valence-corrected chi connectivity index (χ1v) is 12.4. The standard InChI is InChI=1S/C24H31N5O3S/c1-17-18(2)25-24(26-22(17)28-12-14-32-15-13-28)33-16-20-4-6-21(7-5-20)23(31)29-10-8-27(9-11-29)19(3)30/h4-7H,8-16H2,1-3H3. The first kappa shape index (κ1) is 23.5. The first-order chi connectivity index (χ1) is 15.9. The van der Waals surface area contributed by atoms with Gasteiger partial charge in [-0.05, 0) is 31.5 Å². The number of carbonyl (C=O) groups excluding carboxylic acids is 2. The summed E-state index contributed by atoms with van der Waals surface area (Å²) in [5.74, 6) is 1.81. The van der Waals surface area contributed by atoms with Crippen LogP contribution in [-0.4, -0.2) is 84.1 Å². The number of ether oxygens (including phenoxy) is 1. The zero-order valence-corrected chi connectivity index (χ0v) is 20.4. The van der Waals surface area contributed by atoms with Crippen LogP contribution in [0.5, 0.6) is 0 Å². The van der Waals surface area contributed by atoms with E-state index in [9.17, 15) is 9.59 Å². The van der Waals surface area contributed by atoms with E-state index in [1.165, 1.54) is 0 Å². The average molecular weight is 470 g/mol. The van der Waals surface area contributed by atoms with Crippen LogP contribution < -0.4 is 4.90 Å². The Hall–Kier alpha value is -2.65. The summed E-state index contributed by atoms with van der Waals surface area (Å²) in [5, 5.41) is 0.767. The lowest BCUT2D eigenvalue weighted by molar-refractivity contribution is -0.130. The topological polar surface area (TPSA) is 78.9 Å². The van der Waals surface area contributed by atoms with Crippen molar-refractivity contribution in [1.29, 1.82) is 0 Å². The molecule has 2 fully saturated rings. The van der Waals surface area contributed by atoms with E-state index in [0.29, 0.717) is 31.7 Å². The molecule has 0 saturated carbocycles. The number of aryl methyl sites for hydroxylation is 1. The molecule has 2 aromatic rings. The molecule has 2 saturated heterocycles. The van der Waals surface area contributed by atoms with Crippen LogP contribution in [0.2, 0.25) is 0 Å². The molecule has 0 unspecified atom stereocenters. The Labute approximate surface area is 199 Å². The van der Waals surface area contributed by atoms with Crippen molar-refractivity contribution in [1.82, 2.24) is 19.8 Å². The molecule has 1 aromatic heterocycles.